The number of carbonyl (C=O) groups excluding carboxylic acids is 1. The van der Waals surface area contributed by atoms with E-state index >= 15 is 0 Å². The molecule has 0 amide bonds. The number of methoxy groups -OCH3 is 1. The summed E-state index contributed by atoms with van der Waals surface area (Å²) in [6, 6.07) is 7.52. The predicted octanol–water partition coefficient (Wildman–Crippen LogP) is 2.65. The van der Waals surface area contributed by atoms with E-state index in [1.807, 2.05) is 31.4 Å². The van der Waals surface area contributed by atoms with Crippen LogP contribution in [0.1, 0.15) is 31.7 Å². The molecule has 8 nitrogen and oxygen atoms in total. The van der Waals surface area contributed by atoms with Crippen molar-refractivity contribution in [1.82, 2.24) is 19.3 Å². The smallest absolute Gasteiger partial charge is 0.323 e. The topological polar surface area (TPSA) is 103 Å². The van der Waals surface area contributed by atoms with Crippen LogP contribution in [-0.4, -0.2) is 42.1 Å². The molecule has 3 rings (SSSR count). The second kappa shape index (κ2) is 8.93. The van der Waals surface area contributed by atoms with Crippen molar-refractivity contribution in [2.24, 2.45) is 5.92 Å². The number of carbonyl (C=O) groups is 1. The van der Waals surface area contributed by atoms with Crippen LogP contribution in [0.3, 0.4) is 0 Å². The summed E-state index contributed by atoms with van der Waals surface area (Å²) in [5, 5.41) is 0. The van der Waals surface area contributed by atoms with E-state index in [9.17, 15) is 13.2 Å². The van der Waals surface area contributed by atoms with E-state index < -0.39 is 22.0 Å². The lowest BCUT2D eigenvalue weighted by molar-refractivity contribution is -0.143. The van der Waals surface area contributed by atoms with Gasteiger partial charge in [-0.1, -0.05) is 26.0 Å². The number of imidazole rings is 1. The number of esters is 1. The van der Waals surface area contributed by atoms with E-state index in [1.165, 1.54) is 19.2 Å². The summed E-state index contributed by atoms with van der Waals surface area (Å²) in [5.41, 5.74) is 2.71. The lowest BCUT2D eigenvalue weighted by atomic mass is 10.1. The van der Waals surface area contributed by atoms with Gasteiger partial charge in [0.2, 0.25) is 10.0 Å². The molecular weight excluding hydrogens is 404 g/mol. The van der Waals surface area contributed by atoms with Crippen LogP contribution < -0.4 is 4.72 Å². The Labute approximate surface area is 176 Å². The highest BCUT2D eigenvalue weighted by Crippen LogP contribution is 2.18. The number of nitrogens with zero attached hydrogens (tertiary/aromatic N) is 3. The monoisotopic (exact) mass is 430 g/mol. The van der Waals surface area contributed by atoms with E-state index in [2.05, 4.69) is 14.7 Å². The fourth-order valence-electron chi connectivity index (χ4n) is 3.31. The number of hydrogen-bond donors (Lipinski definition) is 1. The van der Waals surface area contributed by atoms with Crippen LogP contribution >= 0.6 is 0 Å². The van der Waals surface area contributed by atoms with Gasteiger partial charge in [0, 0.05) is 12.7 Å². The molecule has 2 heterocycles. The van der Waals surface area contributed by atoms with E-state index in [4.69, 9.17) is 4.74 Å². The summed E-state index contributed by atoms with van der Waals surface area (Å²) in [6.07, 6.45) is 3.82. The highest BCUT2D eigenvalue weighted by molar-refractivity contribution is 7.89. The molecule has 1 atom stereocenters. The van der Waals surface area contributed by atoms with Crippen molar-refractivity contribution < 1.29 is 17.9 Å². The molecule has 0 aliphatic carbocycles. The van der Waals surface area contributed by atoms with Crippen LogP contribution in [0.4, 0.5) is 0 Å². The number of hydrogen-bond acceptors (Lipinski definition) is 6. The first-order valence-corrected chi connectivity index (χ1v) is 11.2. The molecule has 30 heavy (non-hydrogen) atoms. The minimum absolute atomic E-state index is 0.0952. The molecule has 9 heteroatoms. The number of benzene rings is 1. The van der Waals surface area contributed by atoms with Crippen LogP contribution in [0, 0.1) is 12.8 Å². The number of aryl methyl sites for hydroxylation is 1. The second-order valence-electron chi connectivity index (χ2n) is 7.58. The Bertz CT molecular complexity index is 1140. The molecule has 0 saturated heterocycles. The average Bonchev–Trinajstić information content (AvgIpc) is 3.02. The van der Waals surface area contributed by atoms with Crippen molar-refractivity contribution in [1.29, 1.82) is 0 Å². The fraction of sp³-hybridized carbons (Fsp3) is 0.381. The Morgan fingerprint density at radius 3 is 2.53 bits per heavy atom. The van der Waals surface area contributed by atoms with E-state index in [0.717, 1.165) is 22.4 Å². The first-order chi connectivity index (χ1) is 14.2. The van der Waals surface area contributed by atoms with Crippen molar-refractivity contribution in [3.63, 3.8) is 0 Å². The van der Waals surface area contributed by atoms with Crippen LogP contribution in [0.25, 0.3) is 11.0 Å². The molecule has 1 aromatic carbocycles. The number of rotatable bonds is 8. The highest BCUT2D eigenvalue weighted by atomic mass is 32.2. The first kappa shape index (κ1) is 21.9. The third kappa shape index (κ3) is 4.85. The van der Waals surface area contributed by atoms with Gasteiger partial charge in [0.25, 0.3) is 0 Å². The van der Waals surface area contributed by atoms with Crippen molar-refractivity contribution in [2.75, 3.05) is 7.11 Å². The van der Waals surface area contributed by atoms with E-state index in [0.29, 0.717) is 13.0 Å². The Morgan fingerprint density at radius 2 is 1.90 bits per heavy atom. The molecule has 0 fully saturated rings. The molecule has 0 aliphatic heterocycles. The van der Waals surface area contributed by atoms with Crippen molar-refractivity contribution in [3.05, 3.63) is 54.1 Å². The average molecular weight is 431 g/mol. The summed E-state index contributed by atoms with van der Waals surface area (Å²) in [4.78, 5) is 20.7. The van der Waals surface area contributed by atoms with Crippen LogP contribution in [0.5, 0.6) is 0 Å². The first-order valence-electron chi connectivity index (χ1n) is 9.67. The second-order valence-corrected chi connectivity index (χ2v) is 9.29. The largest absolute Gasteiger partial charge is 0.468 e. The molecule has 0 bridgehead atoms. The van der Waals surface area contributed by atoms with Gasteiger partial charge >= 0.3 is 5.97 Å². The Morgan fingerprint density at radius 1 is 1.20 bits per heavy atom. The third-order valence-electron chi connectivity index (χ3n) is 4.81. The van der Waals surface area contributed by atoms with Crippen LogP contribution in [-0.2, 0) is 26.1 Å². The van der Waals surface area contributed by atoms with Gasteiger partial charge in [-0.05, 0) is 43.0 Å². The lowest BCUT2D eigenvalue weighted by Crippen LogP contribution is -2.42. The maximum Gasteiger partial charge on any atom is 0.323 e. The number of nitrogens with one attached hydrogen (secondary N) is 1. The van der Waals surface area contributed by atoms with Gasteiger partial charge in [-0.15, -0.1) is 0 Å². The van der Waals surface area contributed by atoms with Crippen molar-refractivity contribution in [2.45, 2.75) is 44.7 Å². The summed E-state index contributed by atoms with van der Waals surface area (Å²) >= 11 is 0. The fourth-order valence-corrected chi connectivity index (χ4v) is 4.51. The van der Waals surface area contributed by atoms with Gasteiger partial charge in [-0.3, -0.25) is 9.78 Å². The molecule has 0 unspecified atom stereocenters. The number of fused-ring (bicyclic) bond motifs is 1. The Kier molecular flexibility index (Phi) is 6.52. The van der Waals surface area contributed by atoms with Gasteiger partial charge in [0.15, 0.2) is 0 Å². The molecule has 3 aromatic rings. The third-order valence-corrected chi connectivity index (χ3v) is 6.29. The zero-order chi connectivity index (χ0) is 21.9. The molecule has 0 radical (unpaired) electrons. The Hall–Kier alpha value is -2.78. The normalized spacial score (nSPS) is 13.0. The molecule has 1 N–H and O–H groups in total. The number of pyridine rings is 1. The number of sulfonamides is 1. The van der Waals surface area contributed by atoms with Gasteiger partial charge < -0.3 is 9.30 Å². The zero-order valence-electron chi connectivity index (χ0n) is 17.5. The van der Waals surface area contributed by atoms with Crippen LogP contribution in [0.15, 0.2) is 47.6 Å². The van der Waals surface area contributed by atoms with Crippen LogP contribution in [0.2, 0.25) is 0 Å². The molecule has 2 aromatic heterocycles. The summed E-state index contributed by atoms with van der Waals surface area (Å²) in [6.45, 7) is 6.29. The lowest BCUT2D eigenvalue weighted by Gasteiger charge is -2.18. The number of aromatic nitrogens is 3. The Balaban J connectivity index is 1.80. The van der Waals surface area contributed by atoms with Crippen molar-refractivity contribution in [3.8, 4) is 0 Å². The molecule has 0 aliphatic rings. The standard InChI is InChI=1S/C21H26N4O4S/c1-14(2)11-19(21(26)29-4)24-30(27,28)17-7-5-16(6-8-17)13-25-15(3)23-18-9-10-22-12-20(18)25/h5-10,12,14,19,24H,11,13H2,1-4H3/t19-/m0/s1. The minimum Gasteiger partial charge on any atom is -0.468 e. The van der Waals surface area contributed by atoms with Gasteiger partial charge in [0.05, 0.1) is 29.2 Å². The minimum atomic E-state index is -3.86. The number of ether oxygens (including phenoxy) is 1. The van der Waals surface area contributed by atoms with E-state index in [-0.39, 0.29) is 10.8 Å². The predicted molar refractivity (Wildman–Crippen MR) is 113 cm³/mol. The molecule has 0 spiro atoms. The zero-order valence-corrected chi connectivity index (χ0v) is 18.3. The van der Waals surface area contributed by atoms with Gasteiger partial charge in [-0.25, -0.2) is 13.4 Å². The highest BCUT2D eigenvalue weighted by Gasteiger charge is 2.27. The molecule has 0 saturated carbocycles. The molecular formula is C21H26N4O4S. The summed E-state index contributed by atoms with van der Waals surface area (Å²) in [7, 11) is -2.62. The van der Waals surface area contributed by atoms with E-state index in [1.54, 1.807) is 24.5 Å². The maximum absolute atomic E-state index is 12.8. The SMILES string of the molecule is COC(=O)[C@H](CC(C)C)NS(=O)(=O)c1ccc(Cn2c(C)nc3ccncc32)cc1. The maximum atomic E-state index is 12.8. The summed E-state index contributed by atoms with van der Waals surface area (Å²) in [5.74, 6) is 0.382. The summed E-state index contributed by atoms with van der Waals surface area (Å²) < 4.78 is 34.8. The van der Waals surface area contributed by atoms with Crippen molar-refractivity contribution >= 4 is 27.0 Å². The van der Waals surface area contributed by atoms with Gasteiger partial charge in [0.1, 0.15) is 11.9 Å². The quantitative estimate of drug-likeness (QED) is 0.551. The van der Waals surface area contributed by atoms with Gasteiger partial charge in [-0.2, -0.15) is 4.72 Å². The molecule has 160 valence electrons.